The second-order valence-corrected chi connectivity index (χ2v) is 34.5. The van der Waals surface area contributed by atoms with E-state index in [1.807, 2.05) is 232 Å². The van der Waals surface area contributed by atoms with E-state index in [0.717, 1.165) is 81.3 Å². The number of Topliss-reactive ketones (excluding diaryl/α,β-unsaturated/α-hetero) is 6. The lowest BCUT2D eigenvalue weighted by molar-refractivity contribution is -0.132. The Hall–Kier alpha value is -4.85. The molecule has 0 saturated carbocycles. The quantitative estimate of drug-likeness (QED) is 0.0332. The van der Waals surface area contributed by atoms with Gasteiger partial charge in [0.2, 0.25) is 0 Å². The normalized spacial score (nSPS) is 16.6. The molecule has 104 heavy (non-hydrogen) atoms. The second kappa shape index (κ2) is 43.4. The summed E-state index contributed by atoms with van der Waals surface area (Å²) in [6.07, 6.45) is 5.04. The van der Waals surface area contributed by atoms with Crippen molar-refractivity contribution in [2.45, 2.75) is 189 Å². The van der Waals surface area contributed by atoms with E-state index >= 15 is 0 Å². The van der Waals surface area contributed by atoms with Crippen molar-refractivity contribution >= 4 is 113 Å². The zero-order chi connectivity index (χ0) is 78.7. The van der Waals surface area contributed by atoms with Gasteiger partial charge in [-0.05, 0) is 211 Å². The van der Waals surface area contributed by atoms with Crippen LogP contribution >= 0.6 is 78.3 Å². The molecule has 10 N–H and O–H groups in total. The Labute approximate surface area is 658 Å². The molecule has 5 unspecified atom stereocenters. The fraction of sp³-hybridized carbons (Fsp3) is 0.506. The molecule has 2 saturated heterocycles. The number of benzene rings is 6. The van der Waals surface area contributed by atoms with Crippen LogP contribution in [0.4, 0.5) is 4.39 Å². The van der Waals surface area contributed by atoms with Crippen LogP contribution in [0.2, 0.25) is 20.1 Å². The van der Waals surface area contributed by atoms with E-state index in [9.17, 15) is 33.2 Å². The summed E-state index contributed by atoms with van der Waals surface area (Å²) < 4.78 is 15.8. The van der Waals surface area contributed by atoms with E-state index in [1.54, 1.807) is 12.1 Å². The maximum absolute atomic E-state index is 13.7. The predicted octanol–water partition coefficient (Wildman–Crippen LogP) is 19.5. The van der Waals surface area contributed by atoms with Crippen molar-refractivity contribution in [3.63, 3.8) is 0 Å². The number of hydrogen-bond acceptors (Lipinski definition) is 12. The van der Waals surface area contributed by atoms with E-state index in [0.29, 0.717) is 79.1 Å². The topological polar surface area (TPSA) is 231 Å². The summed E-state index contributed by atoms with van der Waals surface area (Å²) in [5.74, 6) is 0.941. The fourth-order valence-electron chi connectivity index (χ4n) is 13.5. The second-order valence-electron chi connectivity index (χ2n) is 30.9. The molecule has 6 aromatic rings. The van der Waals surface area contributed by atoms with Gasteiger partial charge in [0.05, 0.1) is 26.7 Å². The third-order valence-corrected chi connectivity index (χ3v) is 21.5. The number of carbonyl (C=O) groups excluding carboxylic acids is 6. The molecule has 0 amide bonds. The standard InChI is InChI=1S/C15H19ClFNO.C15H22ClNO.C14H20BrNO.C14H18ClNO.C14H20ClNO.C13H18BrNO/c1-10(2)14(19)15(5-7-18-8-6-15)11-3-4-12(16)13(17)9-11;1-14(2,3)13(18)15(4,9-10-17)11-5-7-12(16)8-6-11;1-14(2,3)13(17)12(8-9-16)10-4-6-11(15)7-5-10;1-10(2)13(17)14(7-8-16-9-14)11-3-5-12(15)6-4-11;1-10(2)13(17)14(3,8-9-16)11-4-6-12(15)7-5-11;1-9(2)13(16)12(7-8-15)10-3-5-11(14)6-4-10/h3-4,9-10,18H,5-8H2,1-2H3;5-8H,9-10,17H2,1-4H3;4-7,12H,8-9,16H2,1-3H3;3-6,10,16H,7-9H2,1-2H3;4-7,10H,8-9,16H2,1-3H3;3-6,9,12H,7-8,15H2,1-2H3. The molecule has 12 nitrogen and oxygen atoms in total. The zero-order valence-corrected chi connectivity index (χ0v) is 70.5. The first kappa shape index (κ1) is 93.4. The molecule has 19 heteroatoms. The van der Waals surface area contributed by atoms with Gasteiger partial charge in [0, 0.05) is 76.9 Å². The molecular weight excluding hydrogens is 1520 g/mol. The maximum Gasteiger partial charge on any atom is 0.148 e. The number of piperidine rings is 1. The Morgan fingerprint density at radius 2 is 0.837 bits per heavy atom. The Morgan fingerprint density at radius 1 is 0.452 bits per heavy atom. The molecule has 8 rings (SSSR count). The van der Waals surface area contributed by atoms with Crippen LogP contribution in [0.15, 0.2) is 148 Å². The molecule has 572 valence electrons. The van der Waals surface area contributed by atoms with Gasteiger partial charge >= 0.3 is 0 Å². The first-order chi connectivity index (χ1) is 48.6. The predicted molar refractivity (Wildman–Crippen MR) is 440 cm³/mol. The van der Waals surface area contributed by atoms with Crippen LogP contribution in [0, 0.1) is 40.3 Å². The molecule has 2 aliphatic heterocycles. The molecule has 6 aromatic carbocycles. The van der Waals surface area contributed by atoms with Crippen molar-refractivity contribution in [2.24, 2.45) is 57.4 Å². The van der Waals surface area contributed by atoms with Crippen molar-refractivity contribution in [3.05, 3.63) is 208 Å². The molecule has 0 aliphatic carbocycles. The van der Waals surface area contributed by atoms with Gasteiger partial charge < -0.3 is 33.6 Å². The Bertz CT molecular complexity index is 3660. The molecule has 0 radical (unpaired) electrons. The first-order valence-corrected chi connectivity index (χ1v) is 39.4. The number of halogens is 7. The number of nitrogens with two attached hydrogens (primary N) is 4. The fourth-order valence-corrected chi connectivity index (χ4v) is 14.6. The lowest BCUT2D eigenvalue weighted by Gasteiger charge is -2.38. The Balaban J connectivity index is 0.000000324. The van der Waals surface area contributed by atoms with Crippen molar-refractivity contribution in [1.82, 2.24) is 10.6 Å². The molecule has 2 heterocycles. The molecule has 0 spiro atoms. The van der Waals surface area contributed by atoms with Gasteiger partial charge in [0.15, 0.2) is 0 Å². The highest BCUT2D eigenvalue weighted by atomic mass is 79.9. The molecule has 5 atom stereocenters. The highest BCUT2D eigenvalue weighted by molar-refractivity contribution is 9.10. The lowest BCUT2D eigenvalue weighted by Crippen LogP contribution is -2.47. The van der Waals surface area contributed by atoms with Crippen LogP contribution in [0.5, 0.6) is 0 Å². The van der Waals surface area contributed by atoms with E-state index in [2.05, 4.69) is 42.5 Å². The summed E-state index contributed by atoms with van der Waals surface area (Å²) in [6.45, 7) is 36.4. The summed E-state index contributed by atoms with van der Waals surface area (Å²) in [4.78, 5) is 74.6. The molecular formula is C85H117Br2Cl4FN6O6. The van der Waals surface area contributed by atoms with Crippen molar-refractivity contribution < 1.29 is 33.2 Å². The maximum atomic E-state index is 13.7. The van der Waals surface area contributed by atoms with E-state index < -0.39 is 22.1 Å². The van der Waals surface area contributed by atoms with Crippen LogP contribution < -0.4 is 33.6 Å². The van der Waals surface area contributed by atoms with Crippen molar-refractivity contribution in [2.75, 3.05) is 52.4 Å². The number of rotatable bonds is 24. The third-order valence-electron chi connectivity index (χ3n) is 19.4. The summed E-state index contributed by atoms with van der Waals surface area (Å²) in [7, 11) is 0. The summed E-state index contributed by atoms with van der Waals surface area (Å²) in [5.41, 5.74) is 25.8. The lowest BCUT2D eigenvalue weighted by atomic mass is 9.67. The molecule has 2 aliphatic rings. The van der Waals surface area contributed by atoms with Gasteiger partial charge in [-0.25, -0.2) is 4.39 Å². The summed E-state index contributed by atoms with van der Waals surface area (Å²) in [6, 6.07) is 43.2. The van der Waals surface area contributed by atoms with Gasteiger partial charge in [-0.2, -0.15) is 0 Å². The summed E-state index contributed by atoms with van der Waals surface area (Å²) in [5, 5.41) is 8.74. The first-order valence-electron chi connectivity index (χ1n) is 36.3. The molecule has 2 fully saturated rings. The van der Waals surface area contributed by atoms with E-state index in [-0.39, 0.29) is 85.7 Å². The monoisotopic (exact) mass is 1630 g/mol. The van der Waals surface area contributed by atoms with Gasteiger partial charge in [-0.1, -0.05) is 242 Å². The number of hydrogen-bond donors (Lipinski definition) is 6. The Morgan fingerprint density at radius 3 is 1.21 bits per heavy atom. The average molecular weight is 1640 g/mol. The largest absolute Gasteiger partial charge is 0.330 e. The van der Waals surface area contributed by atoms with E-state index in [4.69, 9.17) is 69.3 Å². The minimum Gasteiger partial charge on any atom is -0.330 e. The van der Waals surface area contributed by atoms with Crippen LogP contribution in [0.25, 0.3) is 0 Å². The van der Waals surface area contributed by atoms with Crippen LogP contribution in [0.1, 0.15) is 201 Å². The zero-order valence-electron chi connectivity index (χ0n) is 64.3. The van der Waals surface area contributed by atoms with E-state index in [1.165, 1.54) is 6.07 Å². The highest BCUT2D eigenvalue weighted by Gasteiger charge is 2.45. The Kier molecular flexibility index (Phi) is 38.9. The highest BCUT2D eigenvalue weighted by Crippen LogP contribution is 2.41. The van der Waals surface area contributed by atoms with Gasteiger partial charge in [0.1, 0.15) is 40.5 Å². The SMILES string of the molecule is CC(C)(C)C(=O)C(C)(CCN)c1ccc(Cl)cc1.CC(C)(C)C(=O)C(CCN)c1ccc(Br)cc1.CC(C)C(=O)C(C)(CCN)c1ccc(Cl)cc1.CC(C)C(=O)C(CCN)c1ccc(Br)cc1.CC(C)C(=O)C1(c2ccc(Cl)c(F)c2)CCNCC1.CC(C)C(=O)C1(c2ccc(Cl)cc2)CCNC1. The van der Waals surface area contributed by atoms with Crippen LogP contribution in [0.3, 0.4) is 0 Å². The molecule has 0 aromatic heterocycles. The van der Waals surface area contributed by atoms with Crippen LogP contribution in [-0.4, -0.2) is 87.1 Å². The molecule has 0 bridgehead atoms. The van der Waals surface area contributed by atoms with Crippen molar-refractivity contribution in [3.8, 4) is 0 Å². The number of nitrogens with one attached hydrogen (secondary N) is 2. The van der Waals surface area contributed by atoms with Gasteiger partial charge in [0.25, 0.3) is 0 Å². The minimum absolute atomic E-state index is 0.00206. The minimum atomic E-state index is -0.565. The van der Waals surface area contributed by atoms with Crippen molar-refractivity contribution in [1.29, 1.82) is 0 Å². The van der Waals surface area contributed by atoms with Crippen LogP contribution in [-0.2, 0) is 50.4 Å². The average Bonchev–Trinajstić information content (AvgIpc) is 1.10. The van der Waals surface area contributed by atoms with Gasteiger partial charge in [-0.3, -0.25) is 28.8 Å². The van der Waals surface area contributed by atoms with Gasteiger partial charge in [-0.15, -0.1) is 0 Å². The number of carbonyl (C=O) groups is 6. The third kappa shape index (κ3) is 26.8. The number of ketones is 6. The summed E-state index contributed by atoms with van der Waals surface area (Å²) >= 11 is 30.2. The smallest absolute Gasteiger partial charge is 0.148 e.